The smallest absolute Gasteiger partial charge is 0.309 e. The summed E-state index contributed by atoms with van der Waals surface area (Å²) in [4.78, 5) is 24.4. The van der Waals surface area contributed by atoms with Gasteiger partial charge in [0.2, 0.25) is 5.91 Å². The van der Waals surface area contributed by atoms with Crippen LogP contribution in [0.5, 0.6) is 0 Å². The number of carboxylic acid groups (broad SMARTS) is 1. The zero-order valence-electron chi connectivity index (χ0n) is 11.6. The van der Waals surface area contributed by atoms with Gasteiger partial charge in [-0.05, 0) is 50.6 Å². The van der Waals surface area contributed by atoms with Gasteiger partial charge in [0.15, 0.2) is 0 Å². The first-order chi connectivity index (χ1) is 9.40. The van der Waals surface area contributed by atoms with E-state index in [9.17, 15) is 14.7 Å². The van der Waals surface area contributed by atoms with Crippen molar-refractivity contribution in [3.63, 3.8) is 0 Å². The van der Waals surface area contributed by atoms with Crippen LogP contribution in [0, 0.1) is 5.41 Å². The van der Waals surface area contributed by atoms with E-state index in [1.165, 1.54) is 0 Å². The van der Waals surface area contributed by atoms with Crippen LogP contribution in [-0.4, -0.2) is 35.0 Å². The molecule has 0 radical (unpaired) electrons. The fraction of sp³-hybridized carbons (Fsp3) is 0.467. The van der Waals surface area contributed by atoms with E-state index in [0.717, 1.165) is 25.2 Å². The van der Waals surface area contributed by atoms with Crippen LogP contribution in [0.15, 0.2) is 24.3 Å². The van der Waals surface area contributed by atoms with Crippen molar-refractivity contribution >= 4 is 11.9 Å². The van der Waals surface area contributed by atoms with E-state index in [-0.39, 0.29) is 0 Å². The number of carbonyl (C=O) groups excluding carboxylic acids is 1. The molecule has 1 heterocycles. The Morgan fingerprint density at radius 2 is 1.80 bits per heavy atom. The third kappa shape index (κ3) is 3.17. The van der Waals surface area contributed by atoms with E-state index < -0.39 is 17.3 Å². The molecule has 5 heteroatoms. The molecule has 1 amide bonds. The molecule has 3 N–H and O–H groups in total. The molecule has 0 saturated carbocycles. The molecule has 1 fully saturated rings. The summed E-state index contributed by atoms with van der Waals surface area (Å²) in [6.07, 6.45) is 1.34. The van der Waals surface area contributed by atoms with E-state index in [1.807, 2.05) is 19.1 Å². The minimum absolute atomic E-state index is 0.424. The largest absolute Gasteiger partial charge is 0.481 e. The third-order valence-corrected chi connectivity index (χ3v) is 4.12. The summed E-state index contributed by atoms with van der Waals surface area (Å²) in [5.41, 5.74) is 6.22. The number of likely N-dealkylation sites (tertiary alicyclic amines) is 1. The molecule has 2 rings (SSSR count). The van der Waals surface area contributed by atoms with E-state index in [2.05, 4.69) is 4.90 Å². The number of hydrogen-bond acceptors (Lipinski definition) is 3. The lowest BCUT2D eigenvalue weighted by Crippen LogP contribution is -2.42. The molecule has 108 valence electrons. The van der Waals surface area contributed by atoms with Crippen molar-refractivity contribution in [3.05, 3.63) is 35.4 Å². The summed E-state index contributed by atoms with van der Waals surface area (Å²) in [6.45, 7) is 4.14. The SMILES string of the molecule is CC1(C(=O)O)CCN(Cc2ccc(C(N)=O)cc2)CC1. The fourth-order valence-corrected chi connectivity index (χ4v) is 2.45. The first kappa shape index (κ1) is 14.5. The first-order valence-electron chi connectivity index (χ1n) is 6.75. The molecule has 0 unspecified atom stereocenters. The summed E-state index contributed by atoms with van der Waals surface area (Å²) >= 11 is 0. The minimum Gasteiger partial charge on any atom is -0.481 e. The lowest BCUT2D eigenvalue weighted by molar-refractivity contribution is -0.150. The maximum atomic E-state index is 11.2. The van der Waals surface area contributed by atoms with Gasteiger partial charge in [0.1, 0.15) is 0 Å². The number of aliphatic carboxylic acids is 1. The maximum Gasteiger partial charge on any atom is 0.309 e. The van der Waals surface area contributed by atoms with Gasteiger partial charge in [0.05, 0.1) is 5.41 Å². The zero-order valence-corrected chi connectivity index (χ0v) is 11.6. The monoisotopic (exact) mass is 276 g/mol. The van der Waals surface area contributed by atoms with Crippen molar-refractivity contribution in [3.8, 4) is 0 Å². The van der Waals surface area contributed by atoms with Crippen LogP contribution in [0.1, 0.15) is 35.7 Å². The van der Waals surface area contributed by atoms with E-state index in [4.69, 9.17) is 5.73 Å². The van der Waals surface area contributed by atoms with Gasteiger partial charge in [-0.15, -0.1) is 0 Å². The fourth-order valence-electron chi connectivity index (χ4n) is 2.45. The molecule has 5 nitrogen and oxygen atoms in total. The Bertz CT molecular complexity index is 502. The second-order valence-corrected chi connectivity index (χ2v) is 5.70. The lowest BCUT2D eigenvalue weighted by atomic mass is 9.80. The van der Waals surface area contributed by atoms with Gasteiger partial charge in [-0.2, -0.15) is 0 Å². The number of rotatable bonds is 4. The summed E-state index contributed by atoms with van der Waals surface area (Å²) in [5, 5.41) is 9.19. The number of amides is 1. The molecule has 1 aromatic carbocycles. The van der Waals surface area contributed by atoms with E-state index >= 15 is 0 Å². The Labute approximate surface area is 118 Å². The van der Waals surface area contributed by atoms with Crippen molar-refractivity contribution in [1.29, 1.82) is 0 Å². The quantitative estimate of drug-likeness (QED) is 0.872. The molecule has 0 aliphatic carbocycles. The van der Waals surface area contributed by atoms with Crippen LogP contribution >= 0.6 is 0 Å². The molecule has 1 aliphatic heterocycles. The van der Waals surface area contributed by atoms with Crippen molar-refractivity contribution in [2.24, 2.45) is 11.1 Å². The highest BCUT2D eigenvalue weighted by atomic mass is 16.4. The molecule has 1 aliphatic rings. The highest BCUT2D eigenvalue weighted by Crippen LogP contribution is 2.31. The van der Waals surface area contributed by atoms with Crippen LogP contribution in [0.3, 0.4) is 0 Å². The van der Waals surface area contributed by atoms with Gasteiger partial charge in [-0.3, -0.25) is 14.5 Å². The summed E-state index contributed by atoms with van der Waals surface area (Å²) in [7, 11) is 0. The number of primary amides is 1. The summed E-state index contributed by atoms with van der Waals surface area (Å²) in [6, 6.07) is 7.24. The van der Waals surface area contributed by atoms with Gasteiger partial charge < -0.3 is 10.8 Å². The average Bonchev–Trinajstić information content (AvgIpc) is 2.42. The number of nitrogens with zero attached hydrogens (tertiary/aromatic N) is 1. The molecule has 20 heavy (non-hydrogen) atoms. The van der Waals surface area contributed by atoms with Gasteiger partial charge >= 0.3 is 5.97 Å². The van der Waals surface area contributed by atoms with Crippen LogP contribution in [0.25, 0.3) is 0 Å². The van der Waals surface area contributed by atoms with Gasteiger partial charge in [-0.25, -0.2) is 0 Å². The summed E-state index contributed by atoms with van der Waals surface area (Å²) in [5.74, 6) is -1.13. The standard InChI is InChI=1S/C15H20N2O3/c1-15(14(19)20)6-8-17(9-7-15)10-11-2-4-12(5-3-11)13(16)18/h2-5H,6-10H2,1H3,(H2,16,18)(H,19,20). The second kappa shape index (κ2) is 5.63. The topological polar surface area (TPSA) is 83.6 Å². The Morgan fingerprint density at radius 3 is 2.25 bits per heavy atom. The molecule has 0 spiro atoms. The molecule has 0 atom stereocenters. The number of benzene rings is 1. The van der Waals surface area contributed by atoms with Crippen molar-refractivity contribution in [2.45, 2.75) is 26.3 Å². The Kier molecular flexibility index (Phi) is 4.09. The molecule has 0 aromatic heterocycles. The minimum atomic E-state index is -0.706. The highest BCUT2D eigenvalue weighted by Gasteiger charge is 2.36. The maximum absolute atomic E-state index is 11.2. The number of piperidine rings is 1. The van der Waals surface area contributed by atoms with Crippen LogP contribution < -0.4 is 5.73 Å². The molecular weight excluding hydrogens is 256 g/mol. The normalized spacial score (nSPS) is 18.6. The molecule has 1 saturated heterocycles. The number of carboxylic acids is 1. The average molecular weight is 276 g/mol. The predicted octanol–water partition coefficient (Wildman–Crippen LogP) is 1.47. The Morgan fingerprint density at radius 1 is 1.25 bits per heavy atom. The number of nitrogens with two attached hydrogens (primary N) is 1. The van der Waals surface area contributed by atoms with Gasteiger partial charge in [-0.1, -0.05) is 12.1 Å². The van der Waals surface area contributed by atoms with Crippen molar-refractivity contribution in [1.82, 2.24) is 4.90 Å². The zero-order chi connectivity index (χ0) is 14.8. The Hall–Kier alpha value is -1.88. The molecular formula is C15H20N2O3. The Balaban J connectivity index is 1.92. The predicted molar refractivity (Wildman–Crippen MR) is 75.2 cm³/mol. The van der Waals surface area contributed by atoms with Crippen molar-refractivity contribution < 1.29 is 14.7 Å². The molecule has 0 bridgehead atoms. The summed E-state index contributed by atoms with van der Waals surface area (Å²) < 4.78 is 0. The van der Waals surface area contributed by atoms with Crippen LogP contribution in [0.2, 0.25) is 0 Å². The second-order valence-electron chi connectivity index (χ2n) is 5.70. The number of hydrogen-bond donors (Lipinski definition) is 2. The lowest BCUT2D eigenvalue weighted by Gasteiger charge is -2.36. The van der Waals surface area contributed by atoms with Crippen LogP contribution in [0.4, 0.5) is 0 Å². The van der Waals surface area contributed by atoms with Crippen LogP contribution in [-0.2, 0) is 11.3 Å². The molecule has 1 aromatic rings. The highest BCUT2D eigenvalue weighted by molar-refractivity contribution is 5.92. The van der Waals surface area contributed by atoms with Gasteiger partial charge in [0.25, 0.3) is 0 Å². The van der Waals surface area contributed by atoms with E-state index in [0.29, 0.717) is 18.4 Å². The van der Waals surface area contributed by atoms with Gasteiger partial charge in [0, 0.05) is 12.1 Å². The van der Waals surface area contributed by atoms with Crippen molar-refractivity contribution in [2.75, 3.05) is 13.1 Å². The number of carbonyl (C=O) groups is 2. The first-order valence-corrected chi connectivity index (χ1v) is 6.75. The third-order valence-electron chi connectivity index (χ3n) is 4.12. The van der Waals surface area contributed by atoms with E-state index in [1.54, 1.807) is 12.1 Å².